The lowest BCUT2D eigenvalue weighted by Gasteiger charge is -2.38. The molecule has 0 fully saturated rings. The third kappa shape index (κ3) is 2.89. The largest absolute Gasteiger partial charge is 0.479 e. The van der Waals surface area contributed by atoms with E-state index in [4.69, 9.17) is 10.00 Å². The fraction of sp³-hybridized carbons (Fsp3) is 0.318. The predicted molar refractivity (Wildman–Crippen MR) is 106 cm³/mol. The zero-order chi connectivity index (χ0) is 19.8. The summed E-state index contributed by atoms with van der Waals surface area (Å²) in [5.74, 6) is 1.10. The number of aryl methyl sites for hydroxylation is 1. The van der Waals surface area contributed by atoms with Crippen molar-refractivity contribution in [2.45, 2.75) is 32.2 Å². The van der Waals surface area contributed by atoms with Crippen molar-refractivity contribution in [1.29, 1.82) is 5.26 Å². The van der Waals surface area contributed by atoms with E-state index >= 15 is 0 Å². The van der Waals surface area contributed by atoms with E-state index in [1.807, 2.05) is 44.2 Å². The van der Waals surface area contributed by atoms with E-state index in [1.54, 1.807) is 6.07 Å². The molecule has 2 aromatic carbocycles. The number of allylic oxidation sites excluding steroid dienone is 2. The van der Waals surface area contributed by atoms with Gasteiger partial charge in [-0.25, -0.2) is 0 Å². The molecule has 3 atom stereocenters. The SMILES string of the molecule is Cc1cc([N+](=O)[O-])c2c(c1C)[C@@H]1C=CC[C@H]1[C@@H](c1ccc(OCC#N)cc1)N2. The molecule has 2 aliphatic rings. The second-order valence-corrected chi connectivity index (χ2v) is 7.37. The number of hydrogen-bond donors (Lipinski definition) is 1. The van der Waals surface area contributed by atoms with Crippen LogP contribution in [0.2, 0.25) is 0 Å². The molecule has 0 saturated carbocycles. The third-order valence-corrected chi connectivity index (χ3v) is 5.89. The maximum absolute atomic E-state index is 11.7. The number of hydrogen-bond acceptors (Lipinski definition) is 5. The first kappa shape index (κ1) is 18.1. The molecule has 142 valence electrons. The van der Waals surface area contributed by atoms with Crippen LogP contribution in [0, 0.1) is 41.2 Å². The number of nitro benzene ring substituents is 1. The van der Waals surface area contributed by atoms with Crippen LogP contribution in [0.3, 0.4) is 0 Å². The van der Waals surface area contributed by atoms with Gasteiger partial charge in [0.15, 0.2) is 6.61 Å². The van der Waals surface area contributed by atoms with Gasteiger partial charge in [-0.15, -0.1) is 0 Å². The normalized spacial score (nSPS) is 22.0. The topological polar surface area (TPSA) is 88.2 Å². The lowest BCUT2D eigenvalue weighted by atomic mass is 9.74. The summed E-state index contributed by atoms with van der Waals surface area (Å²) in [4.78, 5) is 11.4. The van der Waals surface area contributed by atoms with E-state index in [9.17, 15) is 10.1 Å². The van der Waals surface area contributed by atoms with Crippen LogP contribution < -0.4 is 10.1 Å². The number of nitriles is 1. The number of nitro groups is 1. The van der Waals surface area contributed by atoms with Crippen LogP contribution in [-0.4, -0.2) is 11.5 Å². The van der Waals surface area contributed by atoms with E-state index in [-0.39, 0.29) is 29.2 Å². The van der Waals surface area contributed by atoms with Gasteiger partial charge in [-0.1, -0.05) is 24.3 Å². The summed E-state index contributed by atoms with van der Waals surface area (Å²) < 4.78 is 5.34. The molecule has 1 heterocycles. The highest BCUT2D eigenvalue weighted by molar-refractivity contribution is 5.74. The Morgan fingerprint density at radius 2 is 2.07 bits per heavy atom. The highest BCUT2D eigenvalue weighted by atomic mass is 16.6. The van der Waals surface area contributed by atoms with Gasteiger partial charge in [-0.05, 0) is 60.6 Å². The maximum atomic E-state index is 11.7. The lowest BCUT2D eigenvalue weighted by molar-refractivity contribution is -0.384. The maximum Gasteiger partial charge on any atom is 0.292 e. The van der Waals surface area contributed by atoms with Crippen molar-refractivity contribution in [3.05, 3.63) is 74.9 Å². The smallest absolute Gasteiger partial charge is 0.292 e. The molecule has 6 nitrogen and oxygen atoms in total. The number of rotatable bonds is 4. The molecule has 1 aliphatic heterocycles. The first-order valence-electron chi connectivity index (χ1n) is 9.32. The molecule has 0 saturated heterocycles. The molecular weight excluding hydrogens is 354 g/mol. The van der Waals surface area contributed by atoms with Crippen LogP contribution in [0.1, 0.15) is 40.6 Å². The van der Waals surface area contributed by atoms with E-state index < -0.39 is 0 Å². The first-order valence-corrected chi connectivity index (χ1v) is 9.32. The summed E-state index contributed by atoms with van der Waals surface area (Å²) in [7, 11) is 0. The van der Waals surface area contributed by atoms with Crippen LogP contribution in [-0.2, 0) is 0 Å². The van der Waals surface area contributed by atoms with Gasteiger partial charge < -0.3 is 10.1 Å². The molecule has 0 aromatic heterocycles. The highest BCUT2D eigenvalue weighted by Gasteiger charge is 2.41. The lowest BCUT2D eigenvalue weighted by Crippen LogP contribution is -2.30. The summed E-state index contributed by atoms with van der Waals surface area (Å²) in [5.41, 5.74) is 4.94. The minimum absolute atomic E-state index is 0.00778. The molecule has 6 heteroatoms. The van der Waals surface area contributed by atoms with Gasteiger partial charge in [0, 0.05) is 12.0 Å². The van der Waals surface area contributed by atoms with Crippen LogP contribution >= 0.6 is 0 Å². The van der Waals surface area contributed by atoms with E-state index in [0.717, 1.165) is 28.7 Å². The Hall–Kier alpha value is -3.33. The van der Waals surface area contributed by atoms with Gasteiger partial charge in [0.1, 0.15) is 17.5 Å². The van der Waals surface area contributed by atoms with Gasteiger partial charge >= 0.3 is 0 Å². The Morgan fingerprint density at radius 3 is 2.75 bits per heavy atom. The quantitative estimate of drug-likeness (QED) is 0.464. The molecule has 1 aliphatic carbocycles. The van der Waals surface area contributed by atoms with Crippen molar-refractivity contribution in [3.63, 3.8) is 0 Å². The number of fused-ring (bicyclic) bond motifs is 3. The summed E-state index contributed by atoms with van der Waals surface area (Å²) in [5, 5.41) is 23.9. The van der Waals surface area contributed by atoms with Gasteiger partial charge in [-0.2, -0.15) is 5.26 Å². The van der Waals surface area contributed by atoms with Crippen LogP contribution in [0.25, 0.3) is 0 Å². The second-order valence-electron chi connectivity index (χ2n) is 7.37. The minimum atomic E-state index is -0.298. The van der Waals surface area contributed by atoms with Gasteiger partial charge in [0.2, 0.25) is 0 Å². The summed E-state index contributed by atoms with van der Waals surface area (Å²) in [6.07, 6.45) is 5.30. The molecule has 4 rings (SSSR count). The van der Waals surface area contributed by atoms with Gasteiger partial charge in [-0.3, -0.25) is 10.1 Å². The third-order valence-electron chi connectivity index (χ3n) is 5.89. The Labute approximate surface area is 163 Å². The molecule has 0 unspecified atom stereocenters. The van der Waals surface area contributed by atoms with Gasteiger partial charge in [0.25, 0.3) is 5.69 Å². The zero-order valence-corrected chi connectivity index (χ0v) is 15.8. The van der Waals surface area contributed by atoms with Crippen molar-refractivity contribution in [1.82, 2.24) is 0 Å². The van der Waals surface area contributed by atoms with Gasteiger partial charge in [0.05, 0.1) is 11.0 Å². The van der Waals surface area contributed by atoms with Crippen molar-refractivity contribution >= 4 is 11.4 Å². The molecule has 28 heavy (non-hydrogen) atoms. The Kier molecular flexibility index (Phi) is 4.52. The number of ether oxygens (including phenoxy) is 1. The van der Waals surface area contributed by atoms with E-state index in [0.29, 0.717) is 17.4 Å². The molecular formula is C22H21N3O3. The average Bonchev–Trinajstić information content (AvgIpc) is 3.18. The van der Waals surface area contributed by atoms with E-state index in [2.05, 4.69) is 17.5 Å². The molecule has 0 bridgehead atoms. The fourth-order valence-electron chi connectivity index (χ4n) is 4.44. The standard InChI is InChI=1S/C22H21N3O3/c1-13-12-19(25(26)27)22-20(14(13)2)17-4-3-5-18(17)21(24-22)15-6-8-16(9-7-15)28-11-10-23/h3-4,6-9,12,17-18,21,24H,5,11H2,1-2H3/t17-,18-,21-/m1/s1. The van der Waals surface area contributed by atoms with Crippen LogP contribution in [0.15, 0.2) is 42.5 Å². The van der Waals surface area contributed by atoms with Crippen molar-refractivity contribution in [2.24, 2.45) is 5.92 Å². The van der Waals surface area contributed by atoms with Crippen molar-refractivity contribution in [3.8, 4) is 11.8 Å². The summed E-state index contributed by atoms with van der Waals surface area (Å²) in [6.45, 7) is 3.99. The van der Waals surface area contributed by atoms with Crippen LogP contribution in [0.5, 0.6) is 5.75 Å². The molecule has 1 N–H and O–H groups in total. The fourth-order valence-corrected chi connectivity index (χ4v) is 4.44. The second kappa shape index (κ2) is 7.01. The average molecular weight is 375 g/mol. The number of anilines is 1. The van der Waals surface area contributed by atoms with E-state index in [1.165, 1.54) is 0 Å². The van der Waals surface area contributed by atoms with Crippen molar-refractivity contribution in [2.75, 3.05) is 11.9 Å². The van der Waals surface area contributed by atoms with Crippen molar-refractivity contribution < 1.29 is 9.66 Å². The zero-order valence-electron chi connectivity index (χ0n) is 15.8. The highest BCUT2D eigenvalue weighted by Crippen LogP contribution is 2.53. The Morgan fingerprint density at radius 1 is 1.32 bits per heavy atom. The molecule has 2 aromatic rings. The summed E-state index contributed by atoms with van der Waals surface area (Å²) >= 11 is 0. The molecule has 0 radical (unpaired) electrons. The predicted octanol–water partition coefficient (Wildman–Crippen LogP) is 4.94. The molecule has 0 spiro atoms. The minimum Gasteiger partial charge on any atom is -0.479 e. The Bertz CT molecular complexity index is 1010. The Balaban J connectivity index is 1.77. The number of nitrogens with one attached hydrogen (secondary N) is 1. The number of benzene rings is 2. The number of nitrogens with zero attached hydrogens (tertiary/aromatic N) is 2. The monoisotopic (exact) mass is 375 g/mol. The molecule has 0 amide bonds. The summed E-state index contributed by atoms with van der Waals surface area (Å²) in [6, 6.07) is 11.2. The first-order chi connectivity index (χ1) is 13.5. The van der Waals surface area contributed by atoms with Crippen LogP contribution in [0.4, 0.5) is 11.4 Å².